The molecule has 0 amide bonds. The van der Waals surface area contributed by atoms with Gasteiger partial charge in [-0.15, -0.1) is 0 Å². The number of rotatable bonds is 5. The van der Waals surface area contributed by atoms with E-state index in [9.17, 15) is 0 Å². The molecule has 4 heteroatoms. The highest BCUT2D eigenvalue weighted by Gasteiger charge is 2.05. The van der Waals surface area contributed by atoms with E-state index in [0.29, 0.717) is 21.8 Å². The predicted molar refractivity (Wildman–Crippen MR) is 89.7 cm³/mol. The Morgan fingerprint density at radius 3 is 2.29 bits per heavy atom. The molecule has 2 aromatic carbocycles. The fraction of sp³-hybridized carbons (Fsp3) is 0.294. The van der Waals surface area contributed by atoms with E-state index in [1.54, 1.807) is 18.2 Å². The van der Waals surface area contributed by atoms with E-state index in [2.05, 4.69) is 31.3 Å². The van der Waals surface area contributed by atoms with Crippen LogP contribution in [-0.4, -0.2) is 6.04 Å². The van der Waals surface area contributed by atoms with Gasteiger partial charge in [-0.25, -0.2) is 0 Å². The van der Waals surface area contributed by atoms with Crippen LogP contribution < -0.4 is 10.1 Å². The third kappa shape index (κ3) is 4.92. The maximum atomic E-state index is 5.98. The largest absolute Gasteiger partial charge is 0.457 e. The first-order valence-electron chi connectivity index (χ1n) is 6.91. The van der Waals surface area contributed by atoms with Gasteiger partial charge in [-0.05, 0) is 42.3 Å². The highest BCUT2D eigenvalue weighted by Crippen LogP contribution is 2.30. The van der Waals surface area contributed by atoms with Crippen LogP contribution in [0.15, 0.2) is 36.4 Å². The Kier molecular flexibility index (Phi) is 5.51. The molecule has 21 heavy (non-hydrogen) atoms. The van der Waals surface area contributed by atoms with Gasteiger partial charge in [0.05, 0.1) is 0 Å². The molecule has 0 unspecified atom stereocenters. The number of hydrogen-bond donors (Lipinski definition) is 1. The van der Waals surface area contributed by atoms with Crippen LogP contribution >= 0.6 is 23.2 Å². The zero-order valence-corrected chi connectivity index (χ0v) is 13.9. The Morgan fingerprint density at radius 2 is 1.71 bits per heavy atom. The number of benzene rings is 2. The number of aryl methyl sites for hydroxylation is 1. The minimum absolute atomic E-state index is 0.467. The second kappa shape index (κ2) is 7.17. The Morgan fingerprint density at radius 1 is 1.05 bits per heavy atom. The SMILES string of the molecule is Cc1cc(CNC(C)C)ccc1Oc1cc(Cl)cc(Cl)c1. The minimum Gasteiger partial charge on any atom is -0.457 e. The van der Waals surface area contributed by atoms with Gasteiger partial charge in [0.2, 0.25) is 0 Å². The van der Waals surface area contributed by atoms with Gasteiger partial charge in [-0.2, -0.15) is 0 Å². The quantitative estimate of drug-likeness (QED) is 0.774. The van der Waals surface area contributed by atoms with Gasteiger partial charge in [-0.3, -0.25) is 0 Å². The van der Waals surface area contributed by atoms with Crippen molar-refractivity contribution < 1.29 is 4.74 Å². The Hall–Kier alpha value is -1.22. The monoisotopic (exact) mass is 323 g/mol. The van der Waals surface area contributed by atoms with Crippen molar-refractivity contribution in [3.05, 3.63) is 57.6 Å². The summed E-state index contributed by atoms with van der Waals surface area (Å²) in [5, 5.41) is 4.52. The van der Waals surface area contributed by atoms with Crippen LogP contribution in [0, 0.1) is 6.92 Å². The van der Waals surface area contributed by atoms with Crippen LogP contribution in [0.1, 0.15) is 25.0 Å². The summed E-state index contributed by atoms with van der Waals surface area (Å²) in [5.74, 6) is 1.45. The predicted octanol–water partition coefficient (Wildman–Crippen LogP) is 5.59. The third-order valence-electron chi connectivity index (χ3n) is 3.02. The molecule has 0 fully saturated rings. The summed E-state index contributed by atoms with van der Waals surface area (Å²) in [6.07, 6.45) is 0. The van der Waals surface area contributed by atoms with Gasteiger partial charge < -0.3 is 10.1 Å². The van der Waals surface area contributed by atoms with Gasteiger partial charge in [-0.1, -0.05) is 49.2 Å². The van der Waals surface area contributed by atoms with E-state index in [4.69, 9.17) is 27.9 Å². The number of halogens is 2. The van der Waals surface area contributed by atoms with E-state index in [-0.39, 0.29) is 0 Å². The maximum absolute atomic E-state index is 5.98. The van der Waals surface area contributed by atoms with Crippen molar-refractivity contribution in [3.8, 4) is 11.5 Å². The van der Waals surface area contributed by atoms with Crippen LogP contribution in [0.2, 0.25) is 10.0 Å². The molecule has 0 heterocycles. The van der Waals surface area contributed by atoms with E-state index < -0.39 is 0 Å². The van der Waals surface area contributed by atoms with Crippen LogP contribution in [0.4, 0.5) is 0 Å². The van der Waals surface area contributed by atoms with Gasteiger partial charge in [0.15, 0.2) is 0 Å². The summed E-state index contributed by atoms with van der Waals surface area (Å²) in [5.41, 5.74) is 2.31. The fourth-order valence-electron chi connectivity index (χ4n) is 1.97. The summed E-state index contributed by atoms with van der Waals surface area (Å²) in [7, 11) is 0. The van der Waals surface area contributed by atoms with Gasteiger partial charge in [0.25, 0.3) is 0 Å². The molecule has 2 nitrogen and oxygen atoms in total. The average molecular weight is 324 g/mol. The minimum atomic E-state index is 0.467. The third-order valence-corrected chi connectivity index (χ3v) is 3.45. The second-order valence-electron chi connectivity index (χ2n) is 5.34. The normalized spacial score (nSPS) is 11.0. The molecule has 0 atom stereocenters. The average Bonchev–Trinajstić information content (AvgIpc) is 2.38. The molecular weight excluding hydrogens is 305 g/mol. The van der Waals surface area contributed by atoms with Crippen molar-refractivity contribution in [1.29, 1.82) is 0 Å². The lowest BCUT2D eigenvalue weighted by Crippen LogP contribution is -2.21. The lowest BCUT2D eigenvalue weighted by molar-refractivity contribution is 0.478. The highest BCUT2D eigenvalue weighted by molar-refractivity contribution is 6.34. The van der Waals surface area contributed by atoms with Crippen molar-refractivity contribution in [2.24, 2.45) is 0 Å². The molecule has 0 bridgehead atoms. The van der Waals surface area contributed by atoms with Crippen LogP contribution in [-0.2, 0) is 6.54 Å². The molecule has 0 spiro atoms. The zero-order valence-electron chi connectivity index (χ0n) is 12.4. The van der Waals surface area contributed by atoms with Gasteiger partial charge >= 0.3 is 0 Å². The van der Waals surface area contributed by atoms with Crippen molar-refractivity contribution in [1.82, 2.24) is 5.32 Å². The van der Waals surface area contributed by atoms with Crippen molar-refractivity contribution >= 4 is 23.2 Å². The van der Waals surface area contributed by atoms with Gasteiger partial charge in [0.1, 0.15) is 11.5 Å². The number of hydrogen-bond acceptors (Lipinski definition) is 2. The zero-order chi connectivity index (χ0) is 15.4. The van der Waals surface area contributed by atoms with Crippen molar-refractivity contribution in [2.45, 2.75) is 33.4 Å². The lowest BCUT2D eigenvalue weighted by Gasteiger charge is -2.12. The van der Waals surface area contributed by atoms with E-state index in [1.807, 2.05) is 13.0 Å². The Balaban J connectivity index is 2.13. The molecular formula is C17H19Cl2NO. The smallest absolute Gasteiger partial charge is 0.130 e. The fourth-order valence-corrected chi connectivity index (χ4v) is 2.48. The molecule has 2 rings (SSSR count). The summed E-state index contributed by atoms with van der Waals surface area (Å²) in [6.45, 7) is 7.14. The highest BCUT2D eigenvalue weighted by atomic mass is 35.5. The maximum Gasteiger partial charge on any atom is 0.130 e. The number of ether oxygens (including phenoxy) is 1. The Labute approximate surface area is 136 Å². The first-order chi connectivity index (χ1) is 9.94. The lowest BCUT2D eigenvalue weighted by atomic mass is 10.1. The summed E-state index contributed by atoms with van der Waals surface area (Å²) in [6, 6.07) is 11.8. The van der Waals surface area contributed by atoms with Crippen LogP contribution in [0.25, 0.3) is 0 Å². The van der Waals surface area contributed by atoms with E-state index in [1.165, 1.54) is 5.56 Å². The molecule has 0 aliphatic heterocycles. The van der Waals surface area contributed by atoms with Crippen molar-refractivity contribution in [3.63, 3.8) is 0 Å². The standard InChI is InChI=1S/C17H19Cl2NO/c1-11(2)20-10-13-4-5-17(12(3)6-13)21-16-8-14(18)7-15(19)9-16/h4-9,11,20H,10H2,1-3H3. The molecule has 0 aliphatic rings. The molecule has 2 aromatic rings. The first-order valence-corrected chi connectivity index (χ1v) is 7.66. The molecule has 0 radical (unpaired) electrons. The first kappa shape index (κ1) is 16.2. The van der Waals surface area contributed by atoms with Crippen LogP contribution in [0.3, 0.4) is 0 Å². The summed E-state index contributed by atoms with van der Waals surface area (Å²) < 4.78 is 5.86. The van der Waals surface area contributed by atoms with E-state index in [0.717, 1.165) is 17.9 Å². The molecule has 112 valence electrons. The Bertz CT molecular complexity index is 606. The van der Waals surface area contributed by atoms with Crippen LogP contribution in [0.5, 0.6) is 11.5 Å². The molecule has 0 aliphatic carbocycles. The van der Waals surface area contributed by atoms with Gasteiger partial charge in [0, 0.05) is 22.6 Å². The van der Waals surface area contributed by atoms with Crippen molar-refractivity contribution in [2.75, 3.05) is 0 Å². The molecule has 0 saturated carbocycles. The topological polar surface area (TPSA) is 21.3 Å². The van der Waals surface area contributed by atoms with E-state index >= 15 is 0 Å². The molecule has 0 aromatic heterocycles. The molecule has 1 N–H and O–H groups in total. The summed E-state index contributed by atoms with van der Waals surface area (Å²) in [4.78, 5) is 0. The number of nitrogens with one attached hydrogen (secondary N) is 1. The second-order valence-corrected chi connectivity index (χ2v) is 6.22. The molecule has 0 saturated heterocycles. The summed E-state index contributed by atoms with van der Waals surface area (Å²) >= 11 is 12.0.